The lowest BCUT2D eigenvalue weighted by Gasteiger charge is -2.18. The third kappa shape index (κ3) is 3.11. The molecule has 2 aromatic rings. The maximum Gasteiger partial charge on any atom is 0.257 e. The molecule has 6 heteroatoms. The second-order valence-electron chi connectivity index (χ2n) is 4.71. The van der Waals surface area contributed by atoms with Crippen LogP contribution in [0.25, 0.3) is 11.5 Å². The van der Waals surface area contributed by atoms with Crippen molar-refractivity contribution >= 4 is 12.4 Å². The van der Waals surface area contributed by atoms with Crippen molar-refractivity contribution in [1.82, 2.24) is 15.5 Å². The molecule has 1 aromatic carbocycles. The lowest BCUT2D eigenvalue weighted by molar-refractivity contribution is 0.392. The van der Waals surface area contributed by atoms with Gasteiger partial charge in [-0.3, -0.25) is 0 Å². The lowest BCUT2D eigenvalue weighted by atomic mass is 9.98. The first-order chi connectivity index (χ1) is 9.36. The van der Waals surface area contributed by atoms with E-state index in [1.54, 1.807) is 7.11 Å². The van der Waals surface area contributed by atoms with Gasteiger partial charge in [-0.15, -0.1) is 12.4 Å². The zero-order chi connectivity index (χ0) is 13.1. The van der Waals surface area contributed by atoms with Crippen molar-refractivity contribution in [2.75, 3.05) is 20.2 Å². The SMILES string of the molecule is COc1ccc(-c2nc(C3CCNCC3)no2)cc1.Cl. The third-order valence-electron chi connectivity index (χ3n) is 3.48. The number of hydrogen-bond donors (Lipinski definition) is 1. The smallest absolute Gasteiger partial charge is 0.257 e. The van der Waals surface area contributed by atoms with Crippen LogP contribution in [-0.4, -0.2) is 30.3 Å². The zero-order valence-corrected chi connectivity index (χ0v) is 12.2. The maximum absolute atomic E-state index is 5.36. The summed E-state index contributed by atoms with van der Waals surface area (Å²) >= 11 is 0. The molecule has 2 heterocycles. The van der Waals surface area contributed by atoms with Gasteiger partial charge in [0.25, 0.3) is 5.89 Å². The van der Waals surface area contributed by atoms with Gasteiger partial charge < -0.3 is 14.6 Å². The summed E-state index contributed by atoms with van der Waals surface area (Å²) in [5.41, 5.74) is 0.925. The van der Waals surface area contributed by atoms with Crippen molar-refractivity contribution in [1.29, 1.82) is 0 Å². The third-order valence-corrected chi connectivity index (χ3v) is 3.48. The molecule has 0 aliphatic carbocycles. The fraction of sp³-hybridized carbons (Fsp3) is 0.429. The fourth-order valence-electron chi connectivity index (χ4n) is 2.33. The molecule has 1 saturated heterocycles. The van der Waals surface area contributed by atoms with Crippen LogP contribution in [-0.2, 0) is 0 Å². The molecule has 0 radical (unpaired) electrons. The Morgan fingerprint density at radius 2 is 1.90 bits per heavy atom. The van der Waals surface area contributed by atoms with E-state index in [0.29, 0.717) is 11.8 Å². The Balaban J connectivity index is 0.00000147. The van der Waals surface area contributed by atoms with Crippen LogP contribution in [0.4, 0.5) is 0 Å². The number of rotatable bonds is 3. The van der Waals surface area contributed by atoms with Gasteiger partial charge in [0.05, 0.1) is 7.11 Å². The second kappa shape index (κ2) is 6.72. The molecule has 1 fully saturated rings. The van der Waals surface area contributed by atoms with Gasteiger partial charge >= 0.3 is 0 Å². The molecule has 1 aliphatic rings. The number of nitrogens with one attached hydrogen (secondary N) is 1. The Hall–Kier alpha value is -1.59. The van der Waals surface area contributed by atoms with Crippen LogP contribution >= 0.6 is 12.4 Å². The van der Waals surface area contributed by atoms with Gasteiger partial charge in [0.2, 0.25) is 0 Å². The molecule has 108 valence electrons. The van der Waals surface area contributed by atoms with Crippen molar-refractivity contribution in [3.8, 4) is 17.2 Å². The summed E-state index contributed by atoms with van der Waals surface area (Å²) in [5, 5.41) is 7.45. The Morgan fingerprint density at radius 1 is 1.20 bits per heavy atom. The largest absolute Gasteiger partial charge is 0.497 e. The van der Waals surface area contributed by atoms with Gasteiger partial charge in [-0.05, 0) is 50.2 Å². The van der Waals surface area contributed by atoms with Crippen LogP contribution in [0.15, 0.2) is 28.8 Å². The molecule has 0 spiro atoms. The van der Waals surface area contributed by atoms with Crippen LogP contribution in [0.1, 0.15) is 24.6 Å². The predicted octanol–water partition coefficient (Wildman–Crippen LogP) is 2.63. The number of ether oxygens (including phenoxy) is 1. The fourth-order valence-corrected chi connectivity index (χ4v) is 2.33. The van der Waals surface area contributed by atoms with E-state index >= 15 is 0 Å². The number of piperidine rings is 1. The van der Waals surface area contributed by atoms with E-state index in [1.165, 1.54) is 0 Å². The second-order valence-corrected chi connectivity index (χ2v) is 4.71. The van der Waals surface area contributed by atoms with Crippen molar-refractivity contribution < 1.29 is 9.26 Å². The average Bonchev–Trinajstić information content (AvgIpc) is 2.98. The van der Waals surface area contributed by atoms with Gasteiger partial charge in [0, 0.05) is 11.5 Å². The summed E-state index contributed by atoms with van der Waals surface area (Å²) in [6.45, 7) is 2.05. The molecule has 1 aromatic heterocycles. The molecule has 0 unspecified atom stereocenters. The number of methoxy groups -OCH3 is 1. The molecule has 0 saturated carbocycles. The van der Waals surface area contributed by atoms with E-state index in [4.69, 9.17) is 9.26 Å². The average molecular weight is 296 g/mol. The summed E-state index contributed by atoms with van der Waals surface area (Å²) in [5.74, 6) is 2.64. The van der Waals surface area contributed by atoms with Gasteiger partial charge in [0.1, 0.15) is 5.75 Å². The predicted molar refractivity (Wildman–Crippen MR) is 78.4 cm³/mol. The van der Waals surface area contributed by atoms with E-state index in [9.17, 15) is 0 Å². The minimum absolute atomic E-state index is 0. The quantitative estimate of drug-likeness (QED) is 0.943. The van der Waals surface area contributed by atoms with E-state index in [1.807, 2.05) is 24.3 Å². The highest BCUT2D eigenvalue weighted by Crippen LogP contribution is 2.26. The van der Waals surface area contributed by atoms with Crippen molar-refractivity contribution in [3.05, 3.63) is 30.1 Å². The molecular weight excluding hydrogens is 278 g/mol. The summed E-state index contributed by atoms with van der Waals surface area (Å²) in [6.07, 6.45) is 2.14. The Bertz CT molecular complexity index is 536. The van der Waals surface area contributed by atoms with E-state index in [2.05, 4.69) is 15.5 Å². The summed E-state index contributed by atoms with van der Waals surface area (Å²) < 4.78 is 10.5. The number of halogens is 1. The Kier molecular flexibility index (Phi) is 4.98. The molecule has 0 bridgehead atoms. The number of nitrogens with zero attached hydrogens (tertiary/aromatic N) is 2. The number of aromatic nitrogens is 2. The highest BCUT2D eigenvalue weighted by atomic mass is 35.5. The summed E-state index contributed by atoms with van der Waals surface area (Å²) in [7, 11) is 1.65. The maximum atomic E-state index is 5.36. The molecule has 0 atom stereocenters. The first-order valence-electron chi connectivity index (χ1n) is 6.55. The van der Waals surface area contributed by atoms with Crippen LogP contribution in [0.5, 0.6) is 5.75 Å². The minimum Gasteiger partial charge on any atom is -0.497 e. The molecule has 20 heavy (non-hydrogen) atoms. The topological polar surface area (TPSA) is 60.2 Å². The van der Waals surface area contributed by atoms with Crippen LogP contribution < -0.4 is 10.1 Å². The monoisotopic (exact) mass is 295 g/mol. The first-order valence-corrected chi connectivity index (χ1v) is 6.55. The van der Waals surface area contributed by atoms with Gasteiger partial charge in [0.15, 0.2) is 5.82 Å². The molecule has 1 N–H and O–H groups in total. The molecule has 0 amide bonds. The van der Waals surface area contributed by atoms with Crippen LogP contribution in [0, 0.1) is 0 Å². The highest BCUT2D eigenvalue weighted by molar-refractivity contribution is 5.85. The lowest BCUT2D eigenvalue weighted by Crippen LogP contribution is -2.27. The Labute approximate surface area is 124 Å². The molecule has 5 nitrogen and oxygen atoms in total. The standard InChI is InChI=1S/C14H17N3O2.ClH/c1-18-12-4-2-11(3-5-12)14-16-13(17-19-14)10-6-8-15-9-7-10;/h2-5,10,15H,6-9H2,1H3;1H. The van der Waals surface area contributed by atoms with E-state index in [0.717, 1.165) is 43.1 Å². The zero-order valence-electron chi connectivity index (χ0n) is 11.3. The minimum atomic E-state index is 0. The molecular formula is C14H18ClN3O2. The number of benzene rings is 1. The molecule has 3 rings (SSSR count). The van der Waals surface area contributed by atoms with Crippen molar-refractivity contribution in [2.45, 2.75) is 18.8 Å². The van der Waals surface area contributed by atoms with Gasteiger partial charge in [-0.1, -0.05) is 5.16 Å². The first kappa shape index (κ1) is 14.8. The van der Waals surface area contributed by atoms with E-state index < -0.39 is 0 Å². The van der Waals surface area contributed by atoms with Crippen molar-refractivity contribution in [2.24, 2.45) is 0 Å². The van der Waals surface area contributed by atoms with Crippen LogP contribution in [0.2, 0.25) is 0 Å². The summed E-state index contributed by atoms with van der Waals surface area (Å²) in [4.78, 5) is 4.51. The normalized spacial score (nSPS) is 15.7. The highest BCUT2D eigenvalue weighted by Gasteiger charge is 2.21. The van der Waals surface area contributed by atoms with Gasteiger partial charge in [-0.2, -0.15) is 4.98 Å². The number of hydrogen-bond acceptors (Lipinski definition) is 5. The summed E-state index contributed by atoms with van der Waals surface area (Å²) in [6, 6.07) is 7.64. The van der Waals surface area contributed by atoms with Crippen molar-refractivity contribution in [3.63, 3.8) is 0 Å². The van der Waals surface area contributed by atoms with E-state index in [-0.39, 0.29) is 12.4 Å². The Morgan fingerprint density at radius 3 is 2.55 bits per heavy atom. The van der Waals surface area contributed by atoms with Crippen LogP contribution in [0.3, 0.4) is 0 Å². The van der Waals surface area contributed by atoms with Gasteiger partial charge in [-0.25, -0.2) is 0 Å². The molecule has 1 aliphatic heterocycles.